The molecule has 3 N–H and O–H groups in total. The summed E-state index contributed by atoms with van der Waals surface area (Å²) in [7, 11) is 0. The summed E-state index contributed by atoms with van der Waals surface area (Å²) < 4.78 is 0. The van der Waals surface area contributed by atoms with Gasteiger partial charge in [-0.25, -0.2) is 0 Å². The van der Waals surface area contributed by atoms with Crippen molar-refractivity contribution in [2.24, 2.45) is 5.41 Å². The minimum Gasteiger partial charge on any atom is -0.389 e. The number of rotatable bonds is 5. The smallest absolute Gasteiger partial charge is 0.0772 e. The summed E-state index contributed by atoms with van der Waals surface area (Å²) in [6.45, 7) is 8.83. The van der Waals surface area contributed by atoms with Crippen molar-refractivity contribution >= 4 is 0 Å². The van der Waals surface area contributed by atoms with Gasteiger partial charge in [-0.3, -0.25) is 0 Å². The van der Waals surface area contributed by atoms with Gasteiger partial charge in [0, 0.05) is 18.6 Å². The molecule has 2 atom stereocenters. The average Bonchev–Trinajstić information content (AvgIpc) is 2.42. The van der Waals surface area contributed by atoms with E-state index in [-0.39, 0.29) is 0 Å². The Hall–Kier alpha value is -0.120. The van der Waals surface area contributed by atoms with Crippen molar-refractivity contribution < 1.29 is 5.11 Å². The molecule has 118 valence electrons. The molecule has 0 aromatic carbocycles. The van der Waals surface area contributed by atoms with Crippen molar-refractivity contribution in [2.75, 3.05) is 13.1 Å². The van der Waals surface area contributed by atoms with Crippen LogP contribution in [0.3, 0.4) is 0 Å². The minimum absolute atomic E-state index is 0.420. The third-order valence-corrected chi connectivity index (χ3v) is 5.36. The van der Waals surface area contributed by atoms with Crippen LogP contribution in [0, 0.1) is 5.41 Å². The van der Waals surface area contributed by atoms with Crippen LogP contribution in [0.2, 0.25) is 0 Å². The normalized spacial score (nSPS) is 30.9. The Morgan fingerprint density at radius 3 is 2.50 bits per heavy atom. The van der Waals surface area contributed by atoms with Crippen LogP contribution < -0.4 is 10.6 Å². The topological polar surface area (TPSA) is 44.3 Å². The van der Waals surface area contributed by atoms with E-state index in [1.165, 1.54) is 32.2 Å². The Morgan fingerprint density at radius 1 is 1.20 bits per heavy atom. The van der Waals surface area contributed by atoms with Gasteiger partial charge in [-0.1, -0.05) is 20.3 Å². The Morgan fingerprint density at radius 2 is 1.90 bits per heavy atom. The summed E-state index contributed by atoms with van der Waals surface area (Å²) in [4.78, 5) is 0. The number of hydrogen-bond donors (Lipinski definition) is 3. The molecule has 2 aliphatic rings. The number of nitrogens with one attached hydrogen (secondary N) is 2. The maximum absolute atomic E-state index is 10.7. The van der Waals surface area contributed by atoms with Crippen molar-refractivity contribution in [3.05, 3.63) is 0 Å². The quantitative estimate of drug-likeness (QED) is 0.726. The maximum Gasteiger partial charge on any atom is 0.0772 e. The molecule has 1 heterocycles. The van der Waals surface area contributed by atoms with E-state index in [0.29, 0.717) is 17.5 Å². The van der Waals surface area contributed by atoms with Crippen molar-refractivity contribution in [1.29, 1.82) is 0 Å². The van der Waals surface area contributed by atoms with Crippen LogP contribution in [0.15, 0.2) is 0 Å². The van der Waals surface area contributed by atoms with Gasteiger partial charge in [0.25, 0.3) is 0 Å². The van der Waals surface area contributed by atoms with Gasteiger partial charge < -0.3 is 15.7 Å². The molecule has 1 saturated carbocycles. The second-order valence-electron chi connectivity index (χ2n) is 8.05. The summed E-state index contributed by atoms with van der Waals surface area (Å²) >= 11 is 0. The molecule has 2 unspecified atom stereocenters. The second kappa shape index (κ2) is 6.76. The van der Waals surface area contributed by atoms with E-state index >= 15 is 0 Å². The monoisotopic (exact) mass is 282 g/mol. The Kier molecular flexibility index (Phi) is 5.49. The lowest BCUT2D eigenvalue weighted by Gasteiger charge is -2.41. The Balaban J connectivity index is 1.68. The summed E-state index contributed by atoms with van der Waals surface area (Å²) in [5.74, 6) is 0. The molecular weight excluding hydrogens is 248 g/mol. The van der Waals surface area contributed by atoms with Crippen molar-refractivity contribution in [3.63, 3.8) is 0 Å². The molecule has 0 aromatic heterocycles. The van der Waals surface area contributed by atoms with E-state index in [1.807, 2.05) is 0 Å². The molecule has 1 aliphatic carbocycles. The first-order valence-corrected chi connectivity index (χ1v) is 8.58. The lowest BCUT2D eigenvalue weighted by molar-refractivity contribution is -0.0260. The molecule has 1 saturated heterocycles. The average molecular weight is 282 g/mol. The lowest BCUT2D eigenvalue weighted by atomic mass is 9.71. The molecule has 0 spiro atoms. The van der Waals surface area contributed by atoms with Gasteiger partial charge in [-0.2, -0.15) is 0 Å². The van der Waals surface area contributed by atoms with E-state index in [0.717, 1.165) is 32.2 Å². The number of aliphatic hydroxyl groups is 1. The summed E-state index contributed by atoms with van der Waals surface area (Å²) in [5, 5.41) is 17.9. The SMILES string of the molecule is CC(CC1CCCCN1)NCC1(O)CCC(C)(C)CC1. The van der Waals surface area contributed by atoms with Crippen LogP contribution in [-0.2, 0) is 0 Å². The fourth-order valence-corrected chi connectivity index (χ4v) is 3.57. The van der Waals surface area contributed by atoms with Crippen molar-refractivity contribution in [1.82, 2.24) is 10.6 Å². The second-order valence-corrected chi connectivity index (χ2v) is 8.05. The van der Waals surface area contributed by atoms with Gasteiger partial charge in [0.2, 0.25) is 0 Å². The van der Waals surface area contributed by atoms with Crippen LogP contribution >= 0.6 is 0 Å². The van der Waals surface area contributed by atoms with Gasteiger partial charge in [0.1, 0.15) is 0 Å². The summed E-state index contributed by atoms with van der Waals surface area (Å²) in [5.41, 5.74) is -0.0480. The van der Waals surface area contributed by atoms with E-state index < -0.39 is 5.60 Å². The zero-order valence-corrected chi connectivity index (χ0v) is 13.7. The molecule has 20 heavy (non-hydrogen) atoms. The molecule has 1 aliphatic heterocycles. The zero-order chi connectivity index (χ0) is 14.6. The van der Waals surface area contributed by atoms with Gasteiger partial charge in [-0.05, 0) is 63.8 Å². The molecule has 2 rings (SSSR count). The number of piperidine rings is 1. The van der Waals surface area contributed by atoms with E-state index in [9.17, 15) is 5.11 Å². The lowest BCUT2D eigenvalue weighted by Crippen LogP contribution is -2.48. The summed E-state index contributed by atoms with van der Waals surface area (Å²) in [6.07, 6.45) is 9.36. The van der Waals surface area contributed by atoms with E-state index in [4.69, 9.17) is 0 Å². The molecule has 0 bridgehead atoms. The van der Waals surface area contributed by atoms with Gasteiger partial charge in [0.05, 0.1) is 5.60 Å². The van der Waals surface area contributed by atoms with Gasteiger partial charge in [-0.15, -0.1) is 0 Å². The van der Waals surface area contributed by atoms with E-state index in [1.54, 1.807) is 0 Å². The standard InChI is InChI=1S/C17H34N2O/c1-14(12-15-6-4-5-11-18-15)19-13-17(20)9-7-16(2,3)8-10-17/h14-15,18-20H,4-13H2,1-3H3. The fourth-order valence-electron chi connectivity index (χ4n) is 3.57. The van der Waals surface area contributed by atoms with Gasteiger partial charge >= 0.3 is 0 Å². The highest BCUT2D eigenvalue weighted by Crippen LogP contribution is 2.39. The molecule has 3 heteroatoms. The zero-order valence-electron chi connectivity index (χ0n) is 13.7. The van der Waals surface area contributed by atoms with Crippen LogP contribution in [-0.4, -0.2) is 35.9 Å². The highest BCUT2D eigenvalue weighted by molar-refractivity contribution is 4.91. The van der Waals surface area contributed by atoms with Crippen LogP contribution in [0.4, 0.5) is 0 Å². The third-order valence-electron chi connectivity index (χ3n) is 5.36. The first kappa shape index (κ1) is 16.3. The van der Waals surface area contributed by atoms with E-state index in [2.05, 4.69) is 31.4 Å². The predicted molar refractivity (Wildman–Crippen MR) is 84.9 cm³/mol. The summed E-state index contributed by atoms with van der Waals surface area (Å²) in [6, 6.07) is 1.16. The minimum atomic E-state index is -0.468. The Labute approximate surface area is 124 Å². The van der Waals surface area contributed by atoms with Gasteiger partial charge in [0.15, 0.2) is 0 Å². The highest BCUT2D eigenvalue weighted by Gasteiger charge is 2.36. The van der Waals surface area contributed by atoms with Crippen molar-refractivity contribution in [3.8, 4) is 0 Å². The molecule has 0 amide bonds. The Bertz CT molecular complexity index is 287. The molecule has 0 radical (unpaired) electrons. The molecule has 0 aromatic rings. The van der Waals surface area contributed by atoms with Crippen LogP contribution in [0.25, 0.3) is 0 Å². The van der Waals surface area contributed by atoms with Crippen LogP contribution in [0.1, 0.15) is 72.1 Å². The maximum atomic E-state index is 10.7. The molecule has 3 nitrogen and oxygen atoms in total. The number of hydrogen-bond acceptors (Lipinski definition) is 3. The first-order chi connectivity index (χ1) is 9.39. The first-order valence-electron chi connectivity index (χ1n) is 8.58. The largest absolute Gasteiger partial charge is 0.389 e. The fraction of sp³-hybridized carbons (Fsp3) is 1.00. The third kappa shape index (κ3) is 5.01. The highest BCUT2D eigenvalue weighted by atomic mass is 16.3. The molecule has 2 fully saturated rings. The predicted octanol–water partition coefficient (Wildman–Crippen LogP) is 2.83. The van der Waals surface area contributed by atoms with Crippen LogP contribution in [0.5, 0.6) is 0 Å². The molecular formula is C17H34N2O. The van der Waals surface area contributed by atoms with Crippen molar-refractivity contribution in [2.45, 2.75) is 89.8 Å².